The number of carbonyl (C=O) groups is 1. The second-order valence-electron chi connectivity index (χ2n) is 3.97. The van der Waals surface area contributed by atoms with E-state index in [0.717, 1.165) is 5.56 Å². The van der Waals surface area contributed by atoms with E-state index in [2.05, 4.69) is 4.98 Å². The van der Waals surface area contributed by atoms with Crippen LogP contribution < -0.4 is 4.74 Å². The van der Waals surface area contributed by atoms with Gasteiger partial charge in [0.25, 0.3) is 0 Å². The molecule has 0 aliphatic carbocycles. The van der Waals surface area contributed by atoms with Gasteiger partial charge in [0, 0.05) is 13.2 Å². The predicted octanol–water partition coefficient (Wildman–Crippen LogP) is 3.37. The number of carboxylic acids is 1. The van der Waals surface area contributed by atoms with Crippen molar-refractivity contribution >= 4 is 17.6 Å². The molecule has 2 rings (SSSR count). The molecule has 0 radical (unpaired) electrons. The molecule has 0 saturated heterocycles. The molecule has 20 heavy (non-hydrogen) atoms. The Morgan fingerprint density at radius 3 is 2.85 bits per heavy atom. The first-order chi connectivity index (χ1) is 9.60. The maximum Gasteiger partial charge on any atom is 0.356 e. The number of ether oxygens (including phenoxy) is 2. The summed E-state index contributed by atoms with van der Waals surface area (Å²) in [6.45, 7) is 0.464. The van der Waals surface area contributed by atoms with Crippen molar-refractivity contribution in [2.75, 3.05) is 7.11 Å². The van der Waals surface area contributed by atoms with E-state index in [1.54, 1.807) is 19.2 Å². The fraction of sp³-hybridized carbons (Fsp3) is 0.143. The van der Waals surface area contributed by atoms with Crippen LogP contribution in [0.5, 0.6) is 11.6 Å². The molecule has 0 bridgehead atoms. The molecule has 6 heteroatoms. The van der Waals surface area contributed by atoms with Gasteiger partial charge in [0.1, 0.15) is 5.75 Å². The van der Waals surface area contributed by atoms with Crippen molar-refractivity contribution in [1.82, 2.24) is 4.98 Å². The van der Waals surface area contributed by atoms with Crippen molar-refractivity contribution in [1.29, 1.82) is 0 Å². The third-order valence-electron chi connectivity index (χ3n) is 2.45. The molecular weight excluding hydrogens is 282 g/mol. The molecule has 104 valence electrons. The van der Waals surface area contributed by atoms with E-state index in [-0.39, 0.29) is 16.6 Å². The summed E-state index contributed by atoms with van der Waals surface area (Å²) in [6.07, 6.45) is 0. The minimum Gasteiger partial charge on any atom is -0.476 e. The SMILES string of the molecule is COCc1cccc(Oc2ccc(Cl)c(C(=O)O)n2)c1. The van der Waals surface area contributed by atoms with Crippen LogP contribution in [-0.4, -0.2) is 23.2 Å². The molecule has 5 nitrogen and oxygen atoms in total. The van der Waals surface area contributed by atoms with Crippen LogP contribution in [0.25, 0.3) is 0 Å². The number of carboxylic acid groups (broad SMARTS) is 1. The fourth-order valence-corrected chi connectivity index (χ4v) is 1.80. The Balaban J connectivity index is 2.23. The van der Waals surface area contributed by atoms with Crippen LogP contribution >= 0.6 is 11.6 Å². The number of aromatic nitrogens is 1. The zero-order valence-corrected chi connectivity index (χ0v) is 11.4. The number of methoxy groups -OCH3 is 1. The third kappa shape index (κ3) is 3.46. The second kappa shape index (κ2) is 6.36. The topological polar surface area (TPSA) is 68.7 Å². The Bertz CT molecular complexity index is 630. The number of aromatic carboxylic acids is 1. The average molecular weight is 294 g/mol. The normalized spacial score (nSPS) is 10.3. The molecular formula is C14H12ClNO4. The van der Waals surface area contributed by atoms with E-state index in [9.17, 15) is 4.79 Å². The largest absolute Gasteiger partial charge is 0.476 e. The molecule has 0 aliphatic rings. The average Bonchev–Trinajstić information content (AvgIpc) is 2.41. The number of benzene rings is 1. The summed E-state index contributed by atoms with van der Waals surface area (Å²) in [5.74, 6) is -0.485. The Kier molecular flexibility index (Phi) is 4.55. The zero-order chi connectivity index (χ0) is 14.5. The minimum absolute atomic E-state index is 0.0676. The summed E-state index contributed by atoms with van der Waals surface area (Å²) in [6, 6.07) is 10.2. The van der Waals surface area contributed by atoms with Gasteiger partial charge in [-0.25, -0.2) is 9.78 Å². The van der Waals surface area contributed by atoms with Crippen molar-refractivity contribution < 1.29 is 19.4 Å². The van der Waals surface area contributed by atoms with E-state index in [0.29, 0.717) is 12.4 Å². The highest BCUT2D eigenvalue weighted by Crippen LogP contribution is 2.24. The van der Waals surface area contributed by atoms with Gasteiger partial charge in [-0.1, -0.05) is 23.7 Å². The maximum atomic E-state index is 10.9. The number of rotatable bonds is 5. The summed E-state index contributed by atoms with van der Waals surface area (Å²) in [5, 5.41) is 9.02. The molecule has 0 saturated carbocycles. The number of hydrogen-bond donors (Lipinski definition) is 1. The quantitative estimate of drug-likeness (QED) is 0.915. The first-order valence-corrected chi connectivity index (χ1v) is 6.13. The molecule has 0 amide bonds. The van der Waals surface area contributed by atoms with Crippen LogP contribution in [0.2, 0.25) is 5.02 Å². The summed E-state index contributed by atoms with van der Waals surface area (Å²) in [4.78, 5) is 14.8. The van der Waals surface area contributed by atoms with Gasteiger partial charge in [-0.15, -0.1) is 0 Å². The van der Waals surface area contributed by atoms with E-state index in [4.69, 9.17) is 26.2 Å². The molecule has 0 atom stereocenters. The van der Waals surface area contributed by atoms with Gasteiger partial charge < -0.3 is 14.6 Å². The Labute approximate surface area is 120 Å². The van der Waals surface area contributed by atoms with Gasteiger partial charge in [-0.3, -0.25) is 0 Å². The molecule has 0 fully saturated rings. The summed E-state index contributed by atoms with van der Waals surface area (Å²) >= 11 is 5.75. The van der Waals surface area contributed by atoms with Crippen LogP contribution in [0.3, 0.4) is 0 Å². The second-order valence-corrected chi connectivity index (χ2v) is 4.37. The number of nitrogens with zero attached hydrogens (tertiary/aromatic N) is 1. The van der Waals surface area contributed by atoms with Crippen LogP contribution in [0.15, 0.2) is 36.4 Å². The highest BCUT2D eigenvalue weighted by atomic mass is 35.5. The lowest BCUT2D eigenvalue weighted by Crippen LogP contribution is -2.02. The number of pyridine rings is 1. The van der Waals surface area contributed by atoms with Crippen LogP contribution in [0, 0.1) is 0 Å². The van der Waals surface area contributed by atoms with Crippen molar-refractivity contribution in [2.45, 2.75) is 6.61 Å². The molecule has 1 aromatic carbocycles. The highest BCUT2D eigenvalue weighted by molar-refractivity contribution is 6.33. The van der Waals surface area contributed by atoms with Crippen molar-refractivity contribution in [3.63, 3.8) is 0 Å². The van der Waals surface area contributed by atoms with Gasteiger partial charge in [0.15, 0.2) is 5.69 Å². The van der Waals surface area contributed by atoms with E-state index < -0.39 is 5.97 Å². The smallest absolute Gasteiger partial charge is 0.356 e. The summed E-state index contributed by atoms with van der Waals surface area (Å²) in [5.41, 5.74) is 0.703. The molecule has 1 heterocycles. The lowest BCUT2D eigenvalue weighted by atomic mass is 10.2. The maximum absolute atomic E-state index is 10.9. The van der Waals surface area contributed by atoms with E-state index in [1.807, 2.05) is 12.1 Å². The first kappa shape index (κ1) is 14.3. The third-order valence-corrected chi connectivity index (χ3v) is 2.76. The lowest BCUT2D eigenvalue weighted by Gasteiger charge is -2.07. The van der Waals surface area contributed by atoms with E-state index >= 15 is 0 Å². The molecule has 1 aromatic heterocycles. The molecule has 0 spiro atoms. The Morgan fingerprint density at radius 1 is 1.35 bits per heavy atom. The Morgan fingerprint density at radius 2 is 2.15 bits per heavy atom. The fourth-order valence-electron chi connectivity index (χ4n) is 1.62. The number of hydrogen-bond acceptors (Lipinski definition) is 4. The number of halogens is 1. The first-order valence-electron chi connectivity index (χ1n) is 5.75. The van der Waals surface area contributed by atoms with Crippen molar-refractivity contribution in [2.24, 2.45) is 0 Å². The van der Waals surface area contributed by atoms with Crippen molar-refractivity contribution in [3.8, 4) is 11.6 Å². The minimum atomic E-state index is -1.20. The molecule has 0 aliphatic heterocycles. The standard InChI is InChI=1S/C14H12ClNO4/c1-19-8-9-3-2-4-10(7-9)20-12-6-5-11(15)13(16-12)14(17)18/h2-7H,8H2,1H3,(H,17,18). The summed E-state index contributed by atoms with van der Waals surface area (Å²) < 4.78 is 10.6. The zero-order valence-electron chi connectivity index (χ0n) is 10.7. The van der Waals surface area contributed by atoms with Gasteiger partial charge in [0.05, 0.1) is 11.6 Å². The van der Waals surface area contributed by atoms with Crippen molar-refractivity contribution in [3.05, 3.63) is 52.7 Å². The van der Waals surface area contributed by atoms with Gasteiger partial charge in [-0.2, -0.15) is 0 Å². The monoisotopic (exact) mass is 293 g/mol. The van der Waals surface area contributed by atoms with Gasteiger partial charge >= 0.3 is 5.97 Å². The Hall–Kier alpha value is -2.11. The van der Waals surface area contributed by atoms with Gasteiger partial charge in [-0.05, 0) is 23.8 Å². The highest BCUT2D eigenvalue weighted by Gasteiger charge is 2.12. The van der Waals surface area contributed by atoms with E-state index in [1.165, 1.54) is 12.1 Å². The summed E-state index contributed by atoms with van der Waals surface area (Å²) in [7, 11) is 1.60. The molecule has 0 unspecified atom stereocenters. The lowest BCUT2D eigenvalue weighted by molar-refractivity contribution is 0.0690. The van der Waals surface area contributed by atoms with Crippen LogP contribution in [0.1, 0.15) is 16.1 Å². The molecule has 2 aromatic rings. The molecule has 1 N–H and O–H groups in total. The van der Waals surface area contributed by atoms with Crippen LogP contribution in [0.4, 0.5) is 0 Å². The van der Waals surface area contributed by atoms with Crippen LogP contribution in [-0.2, 0) is 11.3 Å². The van der Waals surface area contributed by atoms with Gasteiger partial charge in [0.2, 0.25) is 5.88 Å². The predicted molar refractivity (Wildman–Crippen MR) is 73.4 cm³/mol.